The number of nitrogen functional groups attached to an aromatic ring is 1. The van der Waals surface area contributed by atoms with Gasteiger partial charge in [-0.1, -0.05) is 6.92 Å². The van der Waals surface area contributed by atoms with Gasteiger partial charge >= 0.3 is 5.97 Å². The maximum Gasteiger partial charge on any atom is 0.309 e. The first-order chi connectivity index (χ1) is 9.61. The van der Waals surface area contributed by atoms with Gasteiger partial charge in [0.05, 0.1) is 23.6 Å². The van der Waals surface area contributed by atoms with Crippen molar-refractivity contribution in [1.29, 1.82) is 0 Å². The Balaban J connectivity index is 3.11. The summed E-state index contributed by atoms with van der Waals surface area (Å²) >= 11 is 0. The summed E-state index contributed by atoms with van der Waals surface area (Å²) in [4.78, 5) is 11.3. The maximum atomic E-state index is 13.3. The van der Waals surface area contributed by atoms with E-state index in [1.54, 1.807) is 6.92 Å². The Morgan fingerprint density at radius 3 is 2.57 bits per heavy atom. The molecule has 0 bridgehead atoms. The number of ether oxygens (including phenoxy) is 1. The van der Waals surface area contributed by atoms with E-state index in [1.807, 2.05) is 0 Å². The number of sulfonamides is 1. The number of methoxy groups -OCH3 is 1. The average molecular weight is 318 g/mol. The van der Waals surface area contributed by atoms with Crippen molar-refractivity contribution in [3.8, 4) is 0 Å². The third kappa shape index (κ3) is 3.70. The van der Waals surface area contributed by atoms with Gasteiger partial charge in [0.15, 0.2) is 0 Å². The van der Waals surface area contributed by atoms with Crippen molar-refractivity contribution >= 4 is 21.7 Å². The molecule has 0 aliphatic rings. The van der Waals surface area contributed by atoms with Crippen molar-refractivity contribution in [2.45, 2.75) is 18.7 Å². The molecular weight excluding hydrogens is 299 g/mol. The molecule has 0 saturated carbocycles. The van der Waals surface area contributed by atoms with Crippen LogP contribution in [0.3, 0.4) is 0 Å². The predicted octanol–water partition coefficient (Wildman–Crippen LogP) is 1.15. The monoisotopic (exact) mass is 318 g/mol. The first-order valence-corrected chi connectivity index (χ1v) is 7.65. The molecule has 0 aromatic heterocycles. The van der Waals surface area contributed by atoms with Crippen molar-refractivity contribution < 1.29 is 22.3 Å². The number of benzene rings is 1. The van der Waals surface area contributed by atoms with Gasteiger partial charge in [0.2, 0.25) is 10.0 Å². The Kier molecular flexibility index (Phi) is 5.30. The Morgan fingerprint density at radius 2 is 2.05 bits per heavy atom. The highest BCUT2D eigenvalue weighted by atomic mass is 32.2. The van der Waals surface area contributed by atoms with E-state index in [9.17, 15) is 17.6 Å². The van der Waals surface area contributed by atoms with E-state index in [-0.39, 0.29) is 22.7 Å². The summed E-state index contributed by atoms with van der Waals surface area (Å²) < 4.78 is 43.8. The quantitative estimate of drug-likeness (QED) is 0.649. The number of esters is 1. The molecule has 21 heavy (non-hydrogen) atoms. The topological polar surface area (TPSA) is 89.7 Å². The summed E-state index contributed by atoms with van der Waals surface area (Å²) in [5.41, 5.74) is 5.43. The van der Waals surface area contributed by atoms with E-state index in [4.69, 9.17) is 5.73 Å². The molecule has 0 aliphatic carbocycles. The van der Waals surface area contributed by atoms with Crippen LogP contribution in [0.4, 0.5) is 10.1 Å². The van der Waals surface area contributed by atoms with E-state index in [1.165, 1.54) is 21.1 Å². The fourth-order valence-corrected chi connectivity index (χ4v) is 3.37. The number of anilines is 1. The van der Waals surface area contributed by atoms with E-state index < -0.39 is 27.7 Å². The molecule has 1 atom stereocenters. The maximum absolute atomic E-state index is 13.3. The summed E-state index contributed by atoms with van der Waals surface area (Å²) in [7, 11) is -1.29. The second-order valence-electron chi connectivity index (χ2n) is 4.85. The van der Waals surface area contributed by atoms with Crippen LogP contribution in [0, 0.1) is 18.7 Å². The van der Waals surface area contributed by atoms with Crippen LogP contribution in [0.1, 0.15) is 12.5 Å². The van der Waals surface area contributed by atoms with E-state index in [0.29, 0.717) is 0 Å². The fourth-order valence-electron chi connectivity index (χ4n) is 1.87. The molecule has 118 valence electrons. The highest BCUT2D eigenvalue weighted by Gasteiger charge is 2.27. The number of aryl methyl sites for hydroxylation is 1. The zero-order valence-corrected chi connectivity index (χ0v) is 13.2. The van der Waals surface area contributed by atoms with Gasteiger partial charge in [-0.25, -0.2) is 17.1 Å². The largest absolute Gasteiger partial charge is 0.469 e. The molecule has 0 heterocycles. The predicted molar refractivity (Wildman–Crippen MR) is 76.5 cm³/mol. The molecule has 8 heteroatoms. The first-order valence-electron chi connectivity index (χ1n) is 6.21. The van der Waals surface area contributed by atoms with Gasteiger partial charge in [0.25, 0.3) is 0 Å². The zero-order chi connectivity index (χ0) is 16.4. The standard InChI is InChI=1S/C13H19FN2O4S/c1-8-5-10(14)11(15)6-12(8)21(18,19)16(3)7-9(2)13(17)20-4/h5-6,9H,7,15H2,1-4H3. The van der Waals surface area contributed by atoms with Crippen LogP contribution in [-0.4, -0.2) is 39.4 Å². The average Bonchev–Trinajstić information content (AvgIpc) is 2.41. The molecule has 1 aromatic carbocycles. The molecule has 0 radical (unpaired) electrons. The SMILES string of the molecule is COC(=O)C(C)CN(C)S(=O)(=O)c1cc(N)c(F)cc1C. The molecule has 0 aliphatic heterocycles. The van der Waals surface area contributed by atoms with Crippen molar-refractivity contribution in [3.63, 3.8) is 0 Å². The Bertz CT molecular complexity index is 646. The minimum atomic E-state index is -3.87. The molecule has 0 amide bonds. The lowest BCUT2D eigenvalue weighted by Gasteiger charge is -2.21. The smallest absolute Gasteiger partial charge is 0.309 e. The van der Waals surface area contributed by atoms with Crippen LogP contribution in [0.2, 0.25) is 0 Å². The molecule has 1 aromatic rings. The van der Waals surface area contributed by atoms with E-state index in [0.717, 1.165) is 16.4 Å². The number of carbonyl (C=O) groups excluding carboxylic acids is 1. The molecule has 0 saturated heterocycles. The number of halogens is 1. The molecule has 6 nitrogen and oxygen atoms in total. The van der Waals surface area contributed by atoms with Crippen LogP contribution in [0.25, 0.3) is 0 Å². The van der Waals surface area contributed by atoms with Gasteiger partial charge in [0.1, 0.15) is 5.82 Å². The Hall–Kier alpha value is -1.67. The van der Waals surface area contributed by atoms with Crippen LogP contribution < -0.4 is 5.73 Å². The number of hydrogen-bond donors (Lipinski definition) is 1. The van der Waals surface area contributed by atoms with Crippen LogP contribution in [-0.2, 0) is 19.6 Å². The molecule has 1 rings (SSSR count). The lowest BCUT2D eigenvalue weighted by molar-refractivity contribution is -0.144. The van der Waals surface area contributed by atoms with Gasteiger partial charge in [-0.3, -0.25) is 4.79 Å². The summed E-state index contributed by atoms with van der Waals surface area (Å²) in [5.74, 6) is -1.79. The summed E-state index contributed by atoms with van der Waals surface area (Å²) in [6.45, 7) is 2.99. The third-order valence-corrected chi connectivity index (χ3v) is 5.08. The van der Waals surface area contributed by atoms with Crippen molar-refractivity contribution in [3.05, 3.63) is 23.5 Å². The molecule has 0 fully saturated rings. The molecule has 2 N–H and O–H groups in total. The van der Waals surface area contributed by atoms with Crippen LogP contribution in [0.15, 0.2) is 17.0 Å². The molecular formula is C13H19FN2O4S. The summed E-state index contributed by atoms with van der Waals surface area (Å²) in [6.07, 6.45) is 0. The minimum absolute atomic E-state index is 0.0499. The minimum Gasteiger partial charge on any atom is -0.469 e. The van der Waals surface area contributed by atoms with E-state index >= 15 is 0 Å². The van der Waals surface area contributed by atoms with Gasteiger partial charge in [-0.15, -0.1) is 0 Å². The number of carbonyl (C=O) groups is 1. The summed E-state index contributed by atoms with van der Waals surface area (Å²) in [5, 5.41) is 0. The van der Waals surface area contributed by atoms with Gasteiger partial charge < -0.3 is 10.5 Å². The van der Waals surface area contributed by atoms with Gasteiger partial charge in [-0.2, -0.15) is 0 Å². The number of hydrogen-bond acceptors (Lipinski definition) is 5. The molecule has 0 spiro atoms. The number of nitrogens with two attached hydrogens (primary N) is 1. The summed E-state index contributed by atoms with van der Waals surface area (Å²) in [6, 6.07) is 2.15. The first kappa shape index (κ1) is 17.4. The lowest BCUT2D eigenvalue weighted by atomic mass is 10.2. The molecule has 1 unspecified atom stereocenters. The van der Waals surface area contributed by atoms with Crippen LogP contribution >= 0.6 is 0 Å². The highest BCUT2D eigenvalue weighted by Crippen LogP contribution is 2.24. The second-order valence-corrected chi connectivity index (χ2v) is 6.86. The van der Waals surface area contributed by atoms with E-state index in [2.05, 4.69) is 4.74 Å². The van der Waals surface area contributed by atoms with Crippen molar-refractivity contribution in [1.82, 2.24) is 4.31 Å². The van der Waals surface area contributed by atoms with Crippen molar-refractivity contribution in [2.24, 2.45) is 5.92 Å². The Morgan fingerprint density at radius 1 is 1.48 bits per heavy atom. The highest BCUT2D eigenvalue weighted by molar-refractivity contribution is 7.89. The van der Waals surface area contributed by atoms with Crippen molar-refractivity contribution in [2.75, 3.05) is 26.4 Å². The second kappa shape index (κ2) is 6.40. The number of nitrogens with zero attached hydrogens (tertiary/aromatic N) is 1. The normalized spacial score (nSPS) is 13.2. The van der Waals surface area contributed by atoms with Crippen LogP contribution in [0.5, 0.6) is 0 Å². The van der Waals surface area contributed by atoms with Gasteiger partial charge in [0, 0.05) is 13.6 Å². The number of rotatable bonds is 5. The van der Waals surface area contributed by atoms with Gasteiger partial charge in [-0.05, 0) is 24.6 Å². The zero-order valence-electron chi connectivity index (χ0n) is 12.4. The third-order valence-electron chi connectivity index (χ3n) is 3.12. The lowest BCUT2D eigenvalue weighted by Crippen LogP contribution is -2.34. The fraction of sp³-hybridized carbons (Fsp3) is 0.462. The Labute approximate surface area is 123 Å².